The van der Waals surface area contributed by atoms with Crippen molar-refractivity contribution in [3.63, 3.8) is 0 Å². The number of nitrogens with one attached hydrogen (secondary N) is 1. The van der Waals surface area contributed by atoms with Crippen molar-refractivity contribution in [2.75, 3.05) is 4.90 Å². The molecule has 20 heavy (non-hydrogen) atoms. The van der Waals surface area contributed by atoms with Crippen LogP contribution in [0.4, 0.5) is 5.69 Å². The van der Waals surface area contributed by atoms with E-state index >= 15 is 0 Å². The number of anilines is 1. The van der Waals surface area contributed by atoms with Crippen LogP contribution in [0.25, 0.3) is 0 Å². The first-order valence-electron chi connectivity index (χ1n) is 7.30. The Morgan fingerprint density at radius 3 is 2.35 bits per heavy atom. The molecule has 0 aromatic heterocycles. The van der Waals surface area contributed by atoms with Crippen molar-refractivity contribution < 1.29 is 9.59 Å². The molecule has 1 heterocycles. The standard InChI is InChI=1S/C16H22N2O2/c1-4-6-12-7-9-13(10-8-12)18-14(5-2)15(19)17-11(3)16(18)20/h7-11,14H,4-6H2,1-3H3,(H,17,19). The summed E-state index contributed by atoms with van der Waals surface area (Å²) in [5, 5.41) is 2.73. The average molecular weight is 274 g/mol. The van der Waals surface area contributed by atoms with Crippen molar-refractivity contribution in [2.45, 2.75) is 52.1 Å². The summed E-state index contributed by atoms with van der Waals surface area (Å²) in [4.78, 5) is 26.0. The second-order valence-electron chi connectivity index (χ2n) is 5.28. The molecule has 0 aliphatic carbocycles. The van der Waals surface area contributed by atoms with E-state index in [1.165, 1.54) is 5.56 Å². The smallest absolute Gasteiger partial charge is 0.250 e. The van der Waals surface area contributed by atoms with Gasteiger partial charge >= 0.3 is 0 Å². The third-order valence-electron chi connectivity index (χ3n) is 3.72. The molecule has 0 bridgehead atoms. The number of rotatable bonds is 4. The maximum absolute atomic E-state index is 12.4. The van der Waals surface area contributed by atoms with E-state index in [0.29, 0.717) is 6.42 Å². The Balaban J connectivity index is 2.31. The fraction of sp³-hybridized carbons (Fsp3) is 0.500. The van der Waals surface area contributed by atoms with Crippen LogP contribution in [0.15, 0.2) is 24.3 Å². The molecule has 1 N–H and O–H groups in total. The maximum atomic E-state index is 12.4. The number of benzene rings is 1. The first-order valence-corrected chi connectivity index (χ1v) is 7.30. The van der Waals surface area contributed by atoms with Crippen molar-refractivity contribution in [3.05, 3.63) is 29.8 Å². The lowest BCUT2D eigenvalue weighted by Crippen LogP contribution is -2.62. The van der Waals surface area contributed by atoms with E-state index in [0.717, 1.165) is 18.5 Å². The van der Waals surface area contributed by atoms with Gasteiger partial charge in [-0.2, -0.15) is 0 Å². The molecule has 0 spiro atoms. The van der Waals surface area contributed by atoms with Gasteiger partial charge in [0.2, 0.25) is 11.8 Å². The number of hydrogen-bond acceptors (Lipinski definition) is 2. The zero-order valence-electron chi connectivity index (χ0n) is 12.3. The normalized spacial score (nSPS) is 22.9. The van der Waals surface area contributed by atoms with Crippen LogP contribution in [0.2, 0.25) is 0 Å². The summed E-state index contributed by atoms with van der Waals surface area (Å²) >= 11 is 0. The van der Waals surface area contributed by atoms with E-state index in [1.807, 2.05) is 31.2 Å². The molecule has 108 valence electrons. The summed E-state index contributed by atoms with van der Waals surface area (Å²) in [6.45, 7) is 5.79. The topological polar surface area (TPSA) is 49.4 Å². The van der Waals surface area contributed by atoms with Crippen molar-refractivity contribution in [2.24, 2.45) is 0 Å². The molecular weight excluding hydrogens is 252 g/mol. The molecule has 4 nitrogen and oxygen atoms in total. The lowest BCUT2D eigenvalue weighted by molar-refractivity contribution is -0.133. The molecule has 2 atom stereocenters. The van der Waals surface area contributed by atoms with Gasteiger partial charge in [-0.15, -0.1) is 0 Å². The van der Waals surface area contributed by atoms with E-state index in [9.17, 15) is 9.59 Å². The highest BCUT2D eigenvalue weighted by Gasteiger charge is 2.38. The highest BCUT2D eigenvalue weighted by molar-refractivity contribution is 6.08. The Labute approximate surface area is 120 Å². The van der Waals surface area contributed by atoms with E-state index in [2.05, 4.69) is 12.2 Å². The Bertz CT molecular complexity index is 496. The van der Waals surface area contributed by atoms with Gasteiger partial charge in [-0.1, -0.05) is 32.4 Å². The van der Waals surface area contributed by atoms with Gasteiger partial charge in [-0.05, 0) is 37.5 Å². The molecule has 1 saturated heterocycles. The summed E-state index contributed by atoms with van der Waals surface area (Å²) < 4.78 is 0. The highest BCUT2D eigenvalue weighted by atomic mass is 16.2. The molecule has 1 aliphatic heterocycles. The second-order valence-corrected chi connectivity index (χ2v) is 5.28. The van der Waals surface area contributed by atoms with Crippen LogP contribution >= 0.6 is 0 Å². The number of amides is 2. The van der Waals surface area contributed by atoms with Gasteiger partial charge in [0.05, 0.1) is 0 Å². The van der Waals surface area contributed by atoms with Crippen LogP contribution in [0, 0.1) is 0 Å². The summed E-state index contributed by atoms with van der Waals surface area (Å²) in [7, 11) is 0. The predicted molar refractivity (Wildman–Crippen MR) is 79.6 cm³/mol. The van der Waals surface area contributed by atoms with E-state index < -0.39 is 12.1 Å². The molecular formula is C16H22N2O2. The minimum Gasteiger partial charge on any atom is -0.343 e. The number of carbonyl (C=O) groups excluding carboxylic acids is 2. The Kier molecular flexibility index (Phi) is 4.42. The SMILES string of the molecule is CCCc1ccc(N2C(=O)C(C)NC(=O)C2CC)cc1. The summed E-state index contributed by atoms with van der Waals surface area (Å²) in [6, 6.07) is 7.09. The van der Waals surface area contributed by atoms with Gasteiger partial charge < -0.3 is 5.32 Å². The molecule has 2 amide bonds. The molecule has 0 radical (unpaired) electrons. The predicted octanol–water partition coefficient (Wildman–Crippen LogP) is 2.27. The maximum Gasteiger partial charge on any atom is 0.250 e. The van der Waals surface area contributed by atoms with Gasteiger partial charge in [-0.3, -0.25) is 14.5 Å². The molecule has 0 saturated carbocycles. The zero-order valence-corrected chi connectivity index (χ0v) is 12.3. The van der Waals surface area contributed by atoms with Crippen LogP contribution in [-0.4, -0.2) is 23.9 Å². The van der Waals surface area contributed by atoms with Crippen molar-refractivity contribution >= 4 is 17.5 Å². The number of nitrogens with zero attached hydrogens (tertiary/aromatic N) is 1. The molecule has 4 heteroatoms. The van der Waals surface area contributed by atoms with Crippen molar-refractivity contribution in [1.82, 2.24) is 5.32 Å². The van der Waals surface area contributed by atoms with Crippen LogP contribution in [0.3, 0.4) is 0 Å². The van der Waals surface area contributed by atoms with Gasteiger partial charge in [0.1, 0.15) is 12.1 Å². The number of carbonyl (C=O) groups is 2. The third-order valence-corrected chi connectivity index (χ3v) is 3.72. The molecule has 1 aromatic rings. The van der Waals surface area contributed by atoms with Crippen LogP contribution in [0.5, 0.6) is 0 Å². The van der Waals surface area contributed by atoms with Gasteiger partial charge in [-0.25, -0.2) is 0 Å². The average Bonchev–Trinajstić information content (AvgIpc) is 2.44. The Morgan fingerprint density at radius 1 is 1.15 bits per heavy atom. The molecule has 1 fully saturated rings. The first kappa shape index (κ1) is 14.6. The quantitative estimate of drug-likeness (QED) is 0.915. The lowest BCUT2D eigenvalue weighted by atomic mass is 10.0. The zero-order chi connectivity index (χ0) is 14.7. The van der Waals surface area contributed by atoms with E-state index in [4.69, 9.17) is 0 Å². The monoisotopic (exact) mass is 274 g/mol. The third kappa shape index (κ3) is 2.69. The van der Waals surface area contributed by atoms with Gasteiger partial charge in [0.15, 0.2) is 0 Å². The second kappa shape index (κ2) is 6.07. The first-order chi connectivity index (χ1) is 9.58. The summed E-state index contributed by atoms with van der Waals surface area (Å²) in [5.41, 5.74) is 2.06. The highest BCUT2D eigenvalue weighted by Crippen LogP contribution is 2.23. The fourth-order valence-electron chi connectivity index (χ4n) is 2.64. The van der Waals surface area contributed by atoms with Crippen molar-refractivity contribution in [1.29, 1.82) is 0 Å². The number of aryl methyl sites for hydroxylation is 1. The summed E-state index contributed by atoms with van der Waals surface area (Å²) in [5.74, 6) is -0.114. The summed E-state index contributed by atoms with van der Waals surface area (Å²) in [6.07, 6.45) is 2.74. The van der Waals surface area contributed by atoms with Crippen molar-refractivity contribution in [3.8, 4) is 0 Å². The lowest BCUT2D eigenvalue weighted by Gasteiger charge is -2.37. The number of hydrogen-bond donors (Lipinski definition) is 1. The molecule has 2 rings (SSSR count). The largest absolute Gasteiger partial charge is 0.343 e. The minimum atomic E-state index is -0.458. The molecule has 2 unspecified atom stereocenters. The fourth-order valence-corrected chi connectivity index (χ4v) is 2.64. The molecule has 1 aromatic carbocycles. The van der Waals surface area contributed by atoms with Crippen LogP contribution in [0.1, 0.15) is 39.2 Å². The van der Waals surface area contributed by atoms with Gasteiger partial charge in [0, 0.05) is 5.69 Å². The Morgan fingerprint density at radius 2 is 1.80 bits per heavy atom. The van der Waals surface area contributed by atoms with Crippen LogP contribution < -0.4 is 10.2 Å². The minimum absolute atomic E-state index is 0.0420. The molecule has 1 aliphatic rings. The van der Waals surface area contributed by atoms with Gasteiger partial charge in [0.25, 0.3) is 0 Å². The van der Waals surface area contributed by atoms with Crippen LogP contribution in [-0.2, 0) is 16.0 Å². The number of piperazine rings is 1. The van der Waals surface area contributed by atoms with E-state index in [1.54, 1.807) is 11.8 Å². The Hall–Kier alpha value is -1.84. The van der Waals surface area contributed by atoms with E-state index in [-0.39, 0.29) is 11.8 Å².